The highest BCUT2D eigenvalue weighted by atomic mass is 32.2. The number of benzene rings is 1. The second-order valence-corrected chi connectivity index (χ2v) is 4.44. The summed E-state index contributed by atoms with van der Waals surface area (Å²) >= 11 is -2.14. The molecule has 15 heavy (non-hydrogen) atoms. The molecule has 1 N–H and O–H groups in total. The third-order valence-electron chi connectivity index (χ3n) is 2.09. The minimum atomic E-state index is -2.14. The molecule has 0 bridgehead atoms. The van der Waals surface area contributed by atoms with Gasteiger partial charge in [0.05, 0.1) is 6.42 Å². The smallest absolute Gasteiger partial charge is 0.307 e. The number of hydrogen-bond donors (Lipinski definition) is 1. The summed E-state index contributed by atoms with van der Waals surface area (Å²) in [4.78, 5) is 10.4. The van der Waals surface area contributed by atoms with Gasteiger partial charge in [-0.3, -0.25) is 9.00 Å². The van der Waals surface area contributed by atoms with Crippen LogP contribution < -0.4 is 0 Å². The van der Waals surface area contributed by atoms with Crippen LogP contribution in [0.1, 0.15) is 23.3 Å². The van der Waals surface area contributed by atoms with Crippen molar-refractivity contribution in [2.24, 2.45) is 0 Å². The molecule has 1 rings (SSSR count). The predicted octanol–water partition coefficient (Wildman–Crippen LogP) is 1.25. The highest BCUT2D eigenvalue weighted by Crippen LogP contribution is 2.18. The summed E-state index contributed by atoms with van der Waals surface area (Å²) in [5, 5.41) is 7.97. The maximum absolute atomic E-state index is 10.7. The van der Waals surface area contributed by atoms with Gasteiger partial charge in [0, 0.05) is 5.25 Å². The van der Waals surface area contributed by atoms with E-state index in [0.29, 0.717) is 11.1 Å². The Hall–Kier alpha value is -1.20. The van der Waals surface area contributed by atoms with Gasteiger partial charge in [-0.05, 0) is 29.1 Å². The molecular weight excluding hydrogens is 216 g/mol. The molecule has 0 aromatic heterocycles. The van der Waals surface area contributed by atoms with Crippen LogP contribution in [0.3, 0.4) is 0 Å². The van der Waals surface area contributed by atoms with Crippen molar-refractivity contribution in [2.45, 2.75) is 18.6 Å². The standard InChI is InChI=1S/C10H12O4S/c1-7(15(13)14)9-4-2-8(3-5-9)6-10(11)12/h2-5,7H,6H2,1H3,(H,11,12)(H,13,14)/p-1. The second-order valence-electron chi connectivity index (χ2n) is 3.21. The Bertz CT molecular complexity index is 372. The summed E-state index contributed by atoms with van der Waals surface area (Å²) in [7, 11) is 0. The molecule has 0 saturated heterocycles. The summed E-state index contributed by atoms with van der Waals surface area (Å²) in [6.07, 6.45) is -0.0465. The van der Waals surface area contributed by atoms with E-state index in [1.807, 2.05) is 0 Å². The van der Waals surface area contributed by atoms with Gasteiger partial charge in [-0.15, -0.1) is 0 Å². The summed E-state index contributed by atoms with van der Waals surface area (Å²) in [5.74, 6) is -0.900. The summed E-state index contributed by atoms with van der Waals surface area (Å²) < 4.78 is 21.3. The van der Waals surface area contributed by atoms with E-state index in [0.717, 1.165) is 0 Å². The zero-order valence-electron chi connectivity index (χ0n) is 8.17. The number of rotatable bonds is 4. The first-order valence-electron chi connectivity index (χ1n) is 4.39. The van der Waals surface area contributed by atoms with Crippen LogP contribution in [-0.2, 0) is 22.3 Å². The van der Waals surface area contributed by atoms with Gasteiger partial charge in [-0.2, -0.15) is 0 Å². The number of aliphatic carboxylic acids is 1. The van der Waals surface area contributed by atoms with E-state index in [1.165, 1.54) is 0 Å². The van der Waals surface area contributed by atoms with Gasteiger partial charge < -0.3 is 9.66 Å². The van der Waals surface area contributed by atoms with Gasteiger partial charge in [0.2, 0.25) is 0 Å². The molecular formula is C10H11O4S-. The minimum absolute atomic E-state index is 0.0465. The Morgan fingerprint density at radius 2 is 2.00 bits per heavy atom. The van der Waals surface area contributed by atoms with Crippen LogP contribution in [0.15, 0.2) is 24.3 Å². The third kappa shape index (κ3) is 3.45. The predicted molar refractivity (Wildman–Crippen MR) is 55.1 cm³/mol. The Labute approximate surface area is 90.2 Å². The average molecular weight is 227 g/mol. The Kier molecular flexibility index (Phi) is 3.99. The van der Waals surface area contributed by atoms with Gasteiger partial charge in [-0.1, -0.05) is 24.3 Å². The lowest BCUT2D eigenvalue weighted by atomic mass is 10.1. The van der Waals surface area contributed by atoms with E-state index >= 15 is 0 Å². The maximum Gasteiger partial charge on any atom is 0.307 e. The molecule has 0 amide bonds. The summed E-state index contributed by atoms with van der Waals surface area (Å²) in [6.45, 7) is 1.58. The van der Waals surface area contributed by atoms with Crippen molar-refractivity contribution in [1.29, 1.82) is 0 Å². The maximum atomic E-state index is 10.7. The first-order valence-corrected chi connectivity index (χ1v) is 5.53. The molecule has 0 spiro atoms. The van der Waals surface area contributed by atoms with E-state index in [-0.39, 0.29) is 6.42 Å². The fourth-order valence-corrected chi connectivity index (χ4v) is 1.57. The normalized spacial score (nSPS) is 14.5. The van der Waals surface area contributed by atoms with Crippen LogP contribution in [0.25, 0.3) is 0 Å². The Morgan fingerprint density at radius 3 is 2.40 bits per heavy atom. The van der Waals surface area contributed by atoms with Gasteiger partial charge in [0.25, 0.3) is 0 Å². The number of hydrogen-bond acceptors (Lipinski definition) is 3. The van der Waals surface area contributed by atoms with E-state index in [4.69, 9.17) is 5.11 Å². The van der Waals surface area contributed by atoms with Crippen molar-refractivity contribution in [3.05, 3.63) is 35.4 Å². The molecule has 1 aromatic rings. The fourth-order valence-electron chi connectivity index (χ4n) is 1.19. The van der Waals surface area contributed by atoms with Gasteiger partial charge in [-0.25, -0.2) is 0 Å². The quantitative estimate of drug-likeness (QED) is 0.785. The fraction of sp³-hybridized carbons (Fsp3) is 0.300. The van der Waals surface area contributed by atoms with Crippen molar-refractivity contribution in [1.82, 2.24) is 0 Å². The van der Waals surface area contributed by atoms with Crippen LogP contribution in [-0.4, -0.2) is 19.8 Å². The molecule has 1 aromatic carbocycles. The van der Waals surface area contributed by atoms with Crippen LogP contribution >= 0.6 is 0 Å². The highest BCUT2D eigenvalue weighted by molar-refractivity contribution is 7.79. The lowest BCUT2D eigenvalue weighted by Crippen LogP contribution is -2.03. The van der Waals surface area contributed by atoms with Gasteiger partial charge in [0.15, 0.2) is 0 Å². The van der Waals surface area contributed by atoms with Crippen molar-refractivity contribution in [3.8, 4) is 0 Å². The lowest BCUT2D eigenvalue weighted by Gasteiger charge is -2.14. The van der Waals surface area contributed by atoms with Crippen molar-refractivity contribution in [3.63, 3.8) is 0 Å². The third-order valence-corrected chi connectivity index (χ3v) is 2.94. The molecule has 0 aliphatic carbocycles. The first kappa shape index (κ1) is 11.9. The molecule has 0 fully saturated rings. The molecule has 0 aliphatic rings. The first-order chi connectivity index (χ1) is 7.00. The molecule has 0 radical (unpaired) electrons. The molecule has 4 nitrogen and oxygen atoms in total. The molecule has 0 saturated carbocycles. The molecule has 0 heterocycles. The number of carboxylic acids is 1. The van der Waals surface area contributed by atoms with E-state index in [2.05, 4.69) is 0 Å². The molecule has 0 aliphatic heterocycles. The summed E-state index contributed by atoms with van der Waals surface area (Å²) in [6, 6.07) is 6.54. The zero-order valence-corrected chi connectivity index (χ0v) is 8.99. The largest absolute Gasteiger partial charge is 0.772 e. The topological polar surface area (TPSA) is 77.4 Å². The molecule has 82 valence electrons. The number of carboxylic acid groups (broad SMARTS) is 1. The lowest BCUT2D eigenvalue weighted by molar-refractivity contribution is -0.136. The van der Waals surface area contributed by atoms with Gasteiger partial charge >= 0.3 is 5.97 Å². The second kappa shape index (κ2) is 5.04. The van der Waals surface area contributed by atoms with Crippen molar-refractivity contribution in [2.75, 3.05) is 0 Å². The van der Waals surface area contributed by atoms with E-state index in [9.17, 15) is 13.6 Å². The van der Waals surface area contributed by atoms with E-state index < -0.39 is 22.3 Å². The van der Waals surface area contributed by atoms with Gasteiger partial charge in [0.1, 0.15) is 0 Å². The van der Waals surface area contributed by atoms with Crippen LogP contribution in [0.4, 0.5) is 0 Å². The minimum Gasteiger partial charge on any atom is -0.772 e. The molecule has 2 unspecified atom stereocenters. The Balaban J connectivity index is 2.80. The zero-order chi connectivity index (χ0) is 11.4. The Morgan fingerprint density at radius 1 is 1.47 bits per heavy atom. The van der Waals surface area contributed by atoms with Crippen LogP contribution in [0.2, 0.25) is 0 Å². The number of carbonyl (C=O) groups is 1. The SMILES string of the molecule is CC(c1ccc(CC(=O)O)cc1)S(=O)[O-]. The molecule has 2 atom stereocenters. The van der Waals surface area contributed by atoms with Crippen LogP contribution in [0, 0.1) is 0 Å². The van der Waals surface area contributed by atoms with E-state index in [1.54, 1.807) is 31.2 Å². The average Bonchev–Trinajstić information content (AvgIpc) is 2.17. The summed E-state index contributed by atoms with van der Waals surface area (Å²) in [5.41, 5.74) is 1.33. The highest BCUT2D eigenvalue weighted by Gasteiger charge is 2.06. The van der Waals surface area contributed by atoms with Crippen LogP contribution in [0.5, 0.6) is 0 Å². The van der Waals surface area contributed by atoms with Crippen molar-refractivity contribution >= 4 is 17.0 Å². The van der Waals surface area contributed by atoms with Crippen molar-refractivity contribution < 1.29 is 18.7 Å². The monoisotopic (exact) mass is 227 g/mol. The molecule has 5 heteroatoms.